The summed E-state index contributed by atoms with van der Waals surface area (Å²) >= 11 is 3.50. The topological polar surface area (TPSA) is 41.6 Å². The van der Waals surface area contributed by atoms with Crippen LogP contribution in [-0.4, -0.2) is 54.4 Å². The third kappa shape index (κ3) is 7.42. The highest BCUT2D eigenvalue weighted by molar-refractivity contribution is 7.96. The number of amides is 1. The summed E-state index contributed by atoms with van der Waals surface area (Å²) < 4.78 is 33.2. The minimum Gasteiger partial charge on any atom is -0.379 e. The zero-order chi connectivity index (χ0) is 15.9. The highest BCUT2D eigenvalue weighted by atomic mass is 32.1. The first-order chi connectivity index (χ1) is 9.81. The fourth-order valence-corrected chi connectivity index (χ4v) is 2.62. The van der Waals surface area contributed by atoms with Gasteiger partial charge in [0.25, 0.3) is 11.2 Å². The number of alkyl halides is 2. The van der Waals surface area contributed by atoms with E-state index in [2.05, 4.69) is 17.9 Å². The Morgan fingerprint density at radius 1 is 1.43 bits per heavy atom. The smallest absolute Gasteiger partial charge is 0.280 e. The van der Waals surface area contributed by atoms with Gasteiger partial charge in [0.05, 0.1) is 18.7 Å². The van der Waals surface area contributed by atoms with Crippen LogP contribution >= 0.6 is 12.6 Å². The standard InChI is InChI=1S/C14H26F2N2O2S/c1-11(2)20-9-5-3-4-7-18-8-6-12(17-13(19)21)14(15,16)10-18/h11-12H,3-10H2,1-2H3,(H2,17,19,21). The molecule has 0 aromatic carbocycles. The normalized spacial score (nSPS) is 22.5. The van der Waals surface area contributed by atoms with Gasteiger partial charge in [-0.15, -0.1) is 0 Å². The van der Waals surface area contributed by atoms with Gasteiger partial charge in [-0.2, -0.15) is 0 Å². The molecule has 1 fully saturated rings. The monoisotopic (exact) mass is 324 g/mol. The number of nitrogens with zero attached hydrogens (tertiary/aromatic N) is 1. The Labute approximate surface area is 131 Å². The van der Waals surface area contributed by atoms with Crippen molar-refractivity contribution >= 4 is 17.9 Å². The lowest BCUT2D eigenvalue weighted by Gasteiger charge is -2.38. The van der Waals surface area contributed by atoms with E-state index in [1.54, 1.807) is 4.90 Å². The predicted molar refractivity (Wildman–Crippen MR) is 82.2 cm³/mol. The number of ether oxygens (including phenoxy) is 1. The summed E-state index contributed by atoms with van der Waals surface area (Å²) in [6, 6.07) is -1.10. The molecular weight excluding hydrogens is 298 g/mol. The fourth-order valence-electron chi connectivity index (χ4n) is 2.46. The van der Waals surface area contributed by atoms with Crippen LogP contribution in [0.25, 0.3) is 0 Å². The second kappa shape index (κ2) is 8.90. The maximum atomic E-state index is 13.9. The van der Waals surface area contributed by atoms with E-state index in [0.29, 0.717) is 13.1 Å². The van der Waals surface area contributed by atoms with E-state index in [9.17, 15) is 13.6 Å². The second-order valence-electron chi connectivity index (χ2n) is 5.81. The van der Waals surface area contributed by atoms with Crippen LogP contribution < -0.4 is 5.32 Å². The molecule has 1 saturated heterocycles. The Balaban J connectivity index is 2.20. The molecule has 0 aromatic rings. The first-order valence-electron chi connectivity index (χ1n) is 7.52. The van der Waals surface area contributed by atoms with Crippen molar-refractivity contribution in [2.24, 2.45) is 0 Å². The van der Waals surface area contributed by atoms with Gasteiger partial charge in [0.15, 0.2) is 0 Å². The van der Waals surface area contributed by atoms with E-state index in [0.717, 1.165) is 25.9 Å². The quantitative estimate of drug-likeness (QED) is 0.533. The molecule has 0 spiro atoms. The molecule has 1 unspecified atom stereocenters. The van der Waals surface area contributed by atoms with Crippen molar-refractivity contribution in [1.29, 1.82) is 0 Å². The molecule has 7 heteroatoms. The number of thiol groups is 1. The minimum absolute atomic E-state index is 0.241. The van der Waals surface area contributed by atoms with Gasteiger partial charge < -0.3 is 10.1 Å². The average molecular weight is 324 g/mol. The number of halogens is 2. The molecule has 1 aliphatic heterocycles. The maximum absolute atomic E-state index is 13.9. The van der Waals surface area contributed by atoms with E-state index in [1.165, 1.54) is 0 Å². The molecule has 1 atom stereocenters. The molecule has 1 aliphatic rings. The van der Waals surface area contributed by atoms with E-state index in [-0.39, 0.29) is 19.1 Å². The zero-order valence-corrected chi connectivity index (χ0v) is 13.7. The van der Waals surface area contributed by atoms with Crippen molar-refractivity contribution in [3.8, 4) is 0 Å². The van der Waals surface area contributed by atoms with E-state index >= 15 is 0 Å². The van der Waals surface area contributed by atoms with Gasteiger partial charge in [-0.05, 0) is 46.1 Å². The van der Waals surface area contributed by atoms with Gasteiger partial charge in [0.1, 0.15) is 0 Å². The lowest BCUT2D eigenvalue weighted by Crippen LogP contribution is -2.57. The number of hydrogen-bond donors (Lipinski definition) is 2. The number of nitrogens with one attached hydrogen (secondary N) is 1. The Kier molecular flexibility index (Phi) is 7.90. The van der Waals surface area contributed by atoms with E-state index < -0.39 is 17.2 Å². The fraction of sp³-hybridized carbons (Fsp3) is 0.929. The van der Waals surface area contributed by atoms with Crippen molar-refractivity contribution in [3.63, 3.8) is 0 Å². The molecule has 1 rings (SSSR count). The minimum atomic E-state index is -2.89. The first-order valence-corrected chi connectivity index (χ1v) is 7.97. The summed E-state index contributed by atoms with van der Waals surface area (Å²) in [7, 11) is 0. The summed E-state index contributed by atoms with van der Waals surface area (Å²) in [5, 5.41) is 1.52. The number of rotatable bonds is 8. The number of hydrogen-bond acceptors (Lipinski definition) is 3. The predicted octanol–water partition coefficient (Wildman–Crippen LogP) is 2.93. The molecular formula is C14H26F2N2O2S. The summed E-state index contributed by atoms with van der Waals surface area (Å²) in [4.78, 5) is 12.6. The second-order valence-corrected chi connectivity index (χ2v) is 6.21. The molecule has 4 nitrogen and oxygen atoms in total. The van der Waals surface area contributed by atoms with Gasteiger partial charge in [0.2, 0.25) is 0 Å². The SMILES string of the molecule is CC(C)OCCCCCN1CCC(NC(=O)S)C(F)(F)C1. The Hall–Kier alpha value is -0.400. The van der Waals surface area contributed by atoms with Crippen molar-refractivity contribution in [2.45, 2.75) is 57.6 Å². The summed E-state index contributed by atoms with van der Waals surface area (Å²) in [6.45, 7) is 5.67. The number of carbonyl (C=O) groups is 1. The van der Waals surface area contributed by atoms with E-state index in [1.807, 2.05) is 13.8 Å². The highest BCUT2D eigenvalue weighted by Crippen LogP contribution is 2.27. The average Bonchev–Trinajstić information content (AvgIpc) is 2.35. The molecule has 0 aromatic heterocycles. The molecule has 1 heterocycles. The Morgan fingerprint density at radius 2 is 2.14 bits per heavy atom. The molecule has 0 radical (unpaired) electrons. The summed E-state index contributed by atoms with van der Waals surface area (Å²) in [5.74, 6) is -2.89. The number of likely N-dealkylation sites (tertiary alicyclic amines) is 1. The molecule has 21 heavy (non-hydrogen) atoms. The van der Waals surface area contributed by atoms with Crippen LogP contribution in [0.4, 0.5) is 13.6 Å². The third-order valence-electron chi connectivity index (χ3n) is 3.55. The number of piperidine rings is 1. The van der Waals surface area contributed by atoms with Gasteiger partial charge in [0, 0.05) is 13.2 Å². The van der Waals surface area contributed by atoms with Crippen molar-refractivity contribution < 1.29 is 18.3 Å². The summed E-state index contributed by atoms with van der Waals surface area (Å²) in [6.07, 6.45) is 3.33. The molecule has 1 N–H and O–H groups in total. The molecule has 0 bridgehead atoms. The molecule has 1 amide bonds. The zero-order valence-electron chi connectivity index (χ0n) is 12.8. The lowest BCUT2D eigenvalue weighted by atomic mass is 10.0. The van der Waals surface area contributed by atoms with Gasteiger partial charge in [-0.1, -0.05) is 12.6 Å². The Bertz CT molecular complexity index is 330. The van der Waals surface area contributed by atoms with Crippen LogP contribution in [0.15, 0.2) is 0 Å². The van der Waals surface area contributed by atoms with Crippen LogP contribution in [0.3, 0.4) is 0 Å². The van der Waals surface area contributed by atoms with Gasteiger partial charge in [-0.25, -0.2) is 8.78 Å². The van der Waals surface area contributed by atoms with Crippen LogP contribution in [0.1, 0.15) is 39.5 Å². The highest BCUT2D eigenvalue weighted by Gasteiger charge is 2.44. The van der Waals surface area contributed by atoms with E-state index in [4.69, 9.17) is 4.74 Å². The van der Waals surface area contributed by atoms with Gasteiger partial charge >= 0.3 is 0 Å². The van der Waals surface area contributed by atoms with Gasteiger partial charge in [-0.3, -0.25) is 9.69 Å². The van der Waals surface area contributed by atoms with Crippen LogP contribution in [0.2, 0.25) is 0 Å². The Morgan fingerprint density at radius 3 is 2.71 bits per heavy atom. The largest absolute Gasteiger partial charge is 0.379 e. The lowest BCUT2D eigenvalue weighted by molar-refractivity contribution is -0.0862. The van der Waals surface area contributed by atoms with Crippen molar-refractivity contribution in [2.75, 3.05) is 26.2 Å². The summed E-state index contributed by atoms with van der Waals surface area (Å²) in [5.41, 5.74) is 0. The maximum Gasteiger partial charge on any atom is 0.280 e. The number of carbonyl (C=O) groups excluding carboxylic acids is 1. The molecule has 124 valence electrons. The van der Waals surface area contributed by atoms with Crippen LogP contribution in [0.5, 0.6) is 0 Å². The van der Waals surface area contributed by atoms with Crippen molar-refractivity contribution in [3.05, 3.63) is 0 Å². The van der Waals surface area contributed by atoms with Crippen molar-refractivity contribution in [1.82, 2.24) is 10.2 Å². The number of unbranched alkanes of at least 4 members (excludes halogenated alkanes) is 2. The third-order valence-corrected chi connectivity index (χ3v) is 3.67. The van der Waals surface area contributed by atoms with Crippen LogP contribution in [-0.2, 0) is 4.74 Å². The van der Waals surface area contributed by atoms with Crippen LogP contribution in [0, 0.1) is 0 Å². The molecule has 0 aliphatic carbocycles. The molecule has 0 saturated carbocycles. The first kappa shape index (κ1) is 18.6.